The second-order valence-corrected chi connectivity index (χ2v) is 8.47. The first-order valence-electron chi connectivity index (χ1n) is 9.35. The Morgan fingerprint density at radius 2 is 1.72 bits per heavy atom. The van der Waals surface area contributed by atoms with Crippen LogP contribution >= 0.6 is 38.5 Å². The van der Waals surface area contributed by atoms with E-state index in [9.17, 15) is 14.4 Å². The Hall–Kier alpha value is -3.05. The Morgan fingerprint density at radius 3 is 2.47 bits per heavy atom. The van der Waals surface area contributed by atoms with E-state index in [1.807, 2.05) is 6.07 Å². The van der Waals surface area contributed by atoms with Crippen LogP contribution in [-0.2, 0) is 4.79 Å². The number of esters is 1. The maximum atomic E-state index is 12.3. The van der Waals surface area contributed by atoms with Gasteiger partial charge < -0.3 is 10.1 Å². The summed E-state index contributed by atoms with van der Waals surface area (Å²) in [5.74, 6) is -1.08. The average molecular weight is 606 g/mol. The highest BCUT2D eigenvalue weighted by Gasteiger charge is 2.12. The van der Waals surface area contributed by atoms with Crippen molar-refractivity contribution in [2.24, 2.45) is 5.10 Å². The second kappa shape index (κ2) is 11.5. The quantitative estimate of drug-likeness (QED) is 0.139. The fraction of sp³-hybridized carbons (Fsp3) is 0.0435. The standard InChI is InChI=1S/C23H17BrIN3O4/c24-17-10-11-20(32-23(31)15-6-2-1-3-7-15)16(12-17)13-27-28-21(29)14-26-22(30)18-8-4-5-9-19(18)25/h1-13H,14H2,(H,26,30)(H,28,29)/b27-13+. The number of hydrogen-bond donors (Lipinski definition) is 2. The van der Waals surface area contributed by atoms with Gasteiger partial charge in [0.15, 0.2) is 0 Å². The second-order valence-electron chi connectivity index (χ2n) is 6.39. The minimum atomic E-state index is -0.509. The maximum absolute atomic E-state index is 12.3. The lowest BCUT2D eigenvalue weighted by Gasteiger charge is -2.08. The number of rotatable bonds is 7. The van der Waals surface area contributed by atoms with Gasteiger partial charge in [-0.2, -0.15) is 5.10 Å². The molecule has 3 rings (SSSR count). The van der Waals surface area contributed by atoms with Gasteiger partial charge in [-0.25, -0.2) is 10.2 Å². The summed E-state index contributed by atoms with van der Waals surface area (Å²) >= 11 is 5.41. The molecule has 0 saturated carbocycles. The topological polar surface area (TPSA) is 96.9 Å². The summed E-state index contributed by atoms with van der Waals surface area (Å²) in [5, 5.41) is 6.45. The molecule has 0 saturated heterocycles. The highest BCUT2D eigenvalue weighted by atomic mass is 127. The molecule has 0 fully saturated rings. The van der Waals surface area contributed by atoms with Crippen LogP contribution in [0.5, 0.6) is 5.75 Å². The van der Waals surface area contributed by atoms with Gasteiger partial charge in [-0.15, -0.1) is 0 Å². The Labute approximate surface area is 206 Å². The third-order valence-electron chi connectivity index (χ3n) is 4.10. The van der Waals surface area contributed by atoms with Crippen molar-refractivity contribution in [1.29, 1.82) is 0 Å². The lowest BCUT2D eigenvalue weighted by molar-refractivity contribution is -0.120. The number of hydrazone groups is 1. The van der Waals surface area contributed by atoms with Crippen molar-refractivity contribution in [3.05, 3.63) is 97.5 Å². The van der Waals surface area contributed by atoms with E-state index in [0.717, 1.165) is 8.04 Å². The van der Waals surface area contributed by atoms with Crippen molar-refractivity contribution >= 4 is 62.5 Å². The van der Waals surface area contributed by atoms with Gasteiger partial charge in [0.25, 0.3) is 11.8 Å². The molecule has 0 aliphatic heterocycles. The maximum Gasteiger partial charge on any atom is 0.343 e. The van der Waals surface area contributed by atoms with E-state index in [1.165, 1.54) is 6.21 Å². The first-order chi connectivity index (χ1) is 15.4. The number of carbonyl (C=O) groups is 3. The summed E-state index contributed by atoms with van der Waals surface area (Å²) in [7, 11) is 0. The minimum Gasteiger partial charge on any atom is -0.422 e. The van der Waals surface area contributed by atoms with E-state index in [0.29, 0.717) is 16.7 Å². The van der Waals surface area contributed by atoms with Crippen molar-refractivity contribution in [1.82, 2.24) is 10.7 Å². The molecule has 3 aromatic rings. The molecule has 32 heavy (non-hydrogen) atoms. The molecule has 0 unspecified atom stereocenters. The lowest BCUT2D eigenvalue weighted by Crippen LogP contribution is -2.35. The number of hydrogen-bond acceptors (Lipinski definition) is 5. The number of benzene rings is 3. The fourth-order valence-electron chi connectivity index (χ4n) is 2.56. The molecule has 162 valence electrons. The molecule has 2 N–H and O–H groups in total. The SMILES string of the molecule is O=C(CNC(=O)c1ccccc1I)N/N=C/c1cc(Br)ccc1OC(=O)c1ccccc1. The lowest BCUT2D eigenvalue weighted by atomic mass is 10.2. The van der Waals surface area contributed by atoms with Crippen LogP contribution in [0.1, 0.15) is 26.3 Å². The summed E-state index contributed by atoms with van der Waals surface area (Å²) in [6, 6.07) is 20.7. The van der Waals surface area contributed by atoms with Gasteiger partial charge >= 0.3 is 5.97 Å². The van der Waals surface area contributed by atoms with Gasteiger partial charge in [0, 0.05) is 13.6 Å². The van der Waals surface area contributed by atoms with Crippen molar-refractivity contribution in [2.45, 2.75) is 0 Å². The Bertz CT molecular complexity index is 1170. The van der Waals surface area contributed by atoms with Crippen LogP contribution in [0, 0.1) is 3.57 Å². The summed E-state index contributed by atoms with van der Waals surface area (Å²) in [4.78, 5) is 36.5. The third kappa shape index (κ3) is 6.72. The van der Waals surface area contributed by atoms with Gasteiger partial charge in [0.1, 0.15) is 5.75 Å². The molecular weight excluding hydrogens is 589 g/mol. The van der Waals surface area contributed by atoms with Gasteiger partial charge in [0.2, 0.25) is 0 Å². The zero-order valence-corrected chi connectivity index (χ0v) is 20.3. The molecule has 2 amide bonds. The van der Waals surface area contributed by atoms with E-state index in [-0.39, 0.29) is 18.2 Å². The minimum absolute atomic E-state index is 0.241. The number of nitrogens with one attached hydrogen (secondary N) is 2. The highest BCUT2D eigenvalue weighted by Crippen LogP contribution is 2.23. The van der Waals surface area contributed by atoms with Gasteiger partial charge in [-0.1, -0.05) is 46.3 Å². The number of halogens is 2. The predicted octanol–water partition coefficient (Wildman–Crippen LogP) is 4.15. The molecule has 0 aliphatic rings. The number of nitrogens with zero attached hydrogens (tertiary/aromatic N) is 1. The van der Waals surface area contributed by atoms with Crippen LogP contribution in [-0.4, -0.2) is 30.5 Å². The summed E-state index contributed by atoms with van der Waals surface area (Å²) < 4.78 is 6.99. The van der Waals surface area contributed by atoms with Crippen LogP contribution in [0.2, 0.25) is 0 Å². The molecule has 0 bridgehead atoms. The Kier molecular flexibility index (Phi) is 8.51. The van der Waals surface area contributed by atoms with E-state index in [2.05, 4.69) is 54.4 Å². The van der Waals surface area contributed by atoms with Crippen molar-refractivity contribution in [3.8, 4) is 5.75 Å². The van der Waals surface area contributed by atoms with E-state index >= 15 is 0 Å². The first kappa shape index (κ1) is 23.6. The molecule has 9 heteroatoms. The van der Waals surface area contributed by atoms with Gasteiger partial charge in [0.05, 0.1) is 23.9 Å². The zero-order chi connectivity index (χ0) is 22.9. The summed E-state index contributed by atoms with van der Waals surface area (Å²) in [6.45, 7) is -0.241. The van der Waals surface area contributed by atoms with Crippen molar-refractivity contribution in [2.75, 3.05) is 6.54 Å². The molecule has 0 atom stereocenters. The Balaban J connectivity index is 1.59. The van der Waals surface area contributed by atoms with Crippen LogP contribution in [0.15, 0.2) is 82.4 Å². The summed E-state index contributed by atoms with van der Waals surface area (Å²) in [6.07, 6.45) is 1.36. The molecule has 0 aromatic heterocycles. The van der Waals surface area contributed by atoms with Gasteiger partial charge in [-0.3, -0.25) is 9.59 Å². The number of carbonyl (C=O) groups excluding carboxylic acids is 3. The Morgan fingerprint density at radius 1 is 1.00 bits per heavy atom. The molecule has 0 aliphatic carbocycles. The largest absolute Gasteiger partial charge is 0.422 e. The van der Waals surface area contributed by atoms with E-state index in [1.54, 1.807) is 66.7 Å². The summed E-state index contributed by atoms with van der Waals surface area (Å²) in [5.41, 5.74) is 3.72. The van der Waals surface area contributed by atoms with E-state index < -0.39 is 11.9 Å². The predicted molar refractivity (Wildman–Crippen MR) is 133 cm³/mol. The van der Waals surface area contributed by atoms with Crippen LogP contribution in [0.3, 0.4) is 0 Å². The monoisotopic (exact) mass is 605 g/mol. The van der Waals surface area contributed by atoms with E-state index in [4.69, 9.17) is 4.74 Å². The highest BCUT2D eigenvalue weighted by molar-refractivity contribution is 14.1. The molecule has 7 nitrogen and oxygen atoms in total. The fourth-order valence-corrected chi connectivity index (χ4v) is 3.57. The van der Waals surface area contributed by atoms with Crippen molar-refractivity contribution < 1.29 is 19.1 Å². The molecule has 0 heterocycles. The normalized spacial score (nSPS) is 10.6. The number of amides is 2. The molecule has 3 aromatic carbocycles. The van der Waals surface area contributed by atoms with Crippen LogP contribution < -0.4 is 15.5 Å². The third-order valence-corrected chi connectivity index (χ3v) is 5.54. The van der Waals surface area contributed by atoms with Gasteiger partial charge in [-0.05, 0) is 65.1 Å². The van der Waals surface area contributed by atoms with Crippen LogP contribution in [0.4, 0.5) is 0 Å². The van der Waals surface area contributed by atoms with Crippen LogP contribution in [0.25, 0.3) is 0 Å². The zero-order valence-electron chi connectivity index (χ0n) is 16.5. The number of ether oxygens (including phenoxy) is 1. The molecule has 0 radical (unpaired) electrons. The first-order valence-corrected chi connectivity index (χ1v) is 11.2. The average Bonchev–Trinajstić information content (AvgIpc) is 2.80. The molecule has 0 spiro atoms. The van der Waals surface area contributed by atoms with Crippen molar-refractivity contribution in [3.63, 3.8) is 0 Å². The molecular formula is C23H17BrIN3O4. The smallest absolute Gasteiger partial charge is 0.343 e.